The molecule has 0 atom stereocenters. The summed E-state index contributed by atoms with van der Waals surface area (Å²) >= 11 is 1.57. The highest BCUT2D eigenvalue weighted by atomic mass is 32.1. The normalized spacial score (nSPS) is 14.0. The van der Waals surface area contributed by atoms with Gasteiger partial charge in [-0.2, -0.15) is 0 Å². The van der Waals surface area contributed by atoms with Gasteiger partial charge in [-0.05, 0) is 37.8 Å². The summed E-state index contributed by atoms with van der Waals surface area (Å²) in [4.78, 5) is 28.7. The van der Waals surface area contributed by atoms with Crippen LogP contribution in [0.4, 0.5) is 10.8 Å². The molecule has 134 valence electrons. The number of aromatic nitrogens is 2. The van der Waals surface area contributed by atoms with Crippen LogP contribution in [-0.2, 0) is 24.2 Å². The molecule has 1 aliphatic carbocycles. The van der Waals surface area contributed by atoms with Crippen molar-refractivity contribution < 1.29 is 9.72 Å². The van der Waals surface area contributed by atoms with Crippen molar-refractivity contribution in [1.29, 1.82) is 0 Å². The predicted octanol–water partition coefficient (Wildman–Crippen LogP) is 3.91. The van der Waals surface area contributed by atoms with Crippen LogP contribution in [-0.4, -0.2) is 20.4 Å². The zero-order valence-corrected chi connectivity index (χ0v) is 14.9. The Balaban J connectivity index is 1.48. The van der Waals surface area contributed by atoms with Gasteiger partial charge in [-0.3, -0.25) is 14.9 Å². The second-order valence-corrected chi connectivity index (χ2v) is 7.53. The number of carbonyl (C=O) groups is 1. The largest absolute Gasteiger partial charge is 0.338 e. The lowest BCUT2D eigenvalue weighted by Gasteiger charge is -2.05. The van der Waals surface area contributed by atoms with Gasteiger partial charge in [-0.15, -0.1) is 11.3 Å². The quantitative estimate of drug-likeness (QED) is 0.428. The number of non-ortho nitro benzene ring substituents is 1. The maximum Gasteiger partial charge on any atom is 0.270 e. The molecule has 0 saturated heterocycles. The van der Waals surface area contributed by atoms with E-state index in [0.717, 1.165) is 35.9 Å². The van der Waals surface area contributed by atoms with Gasteiger partial charge in [0.2, 0.25) is 5.91 Å². The number of rotatable bonds is 4. The average molecular weight is 370 g/mol. The van der Waals surface area contributed by atoms with Crippen molar-refractivity contribution in [1.82, 2.24) is 9.55 Å². The van der Waals surface area contributed by atoms with Crippen LogP contribution in [0.5, 0.6) is 0 Å². The number of nitrogens with one attached hydrogen (secondary N) is 1. The summed E-state index contributed by atoms with van der Waals surface area (Å²) in [5.41, 5.74) is 1.96. The Morgan fingerprint density at radius 1 is 1.27 bits per heavy atom. The number of nitrogens with zero attached hydrogens (tertiary/aromatic N) is 3. The van der Waals surface area contributed by atoms with Gasteiger partial charge < -0.3 is 9.88 Å². The molecule has 8 heteroatoms. The fourth-order valence-electron chi connectivity index (χ4n) is 3.33. The summed E-state index contributed by atoms with van der Waals surface area (Å²) in [5, 5.41) is 15.2. The molecule has 0 spiro atoms. The molecule has 26 heavy (non-hydrogen) atoms. The number of thiazole rings is 1. The molecule has 0 bridgehead atoms. The summed E-state index contributed by atoms with van der Waals surface area (Å²) in [5.74, 6) is -0.148. The Kier molecular flexibility index (Phi) is 4.42. The molecule has 0 unspecified atom stereocenters. The number of anilines is 1. The van der Waals surface area contributed by atoms with E-state index in [0.29, 0.717) is 5.13 Å². The van der Waals surface area contributed by atoms with E-state index in [9.17, 15) is 14.9 Å². The number of fused-ring (bicyclic) bond motifs is 2. The highest BCUT2D eigenvalue weighted by Crippen LogP contribution is 2.29. The van der Waals surface area contributed by atoms with Gasteiger partial charge in [0.1, 0.15) is 6.54 Å². The smallest absolute Gasteiger partial charge is 0.270 e. The molecule has 0 aliphatic heterocycles. The van der Waals surface area contributed by atoms with Crippen LogP contribution in [0.1, 0.15) is 29.8 Å². The van der Waals surface area contributed by atoms with E-state index < -0.39 is 4.92 Å². The van der Waals surface area contributed by atoms with Gasteiger partial charge in [-0.1, -0.05) is 6.42 Å². The van der Waals surface area contributed by atoms with Crippen LogP contribution >= 0.6 is 11.3 Å². The first kappa shape index (κ1) is 16.7. The van der Waals surface area contributed by atoms with Crippen LogP contribution in [0.3, 0.4) is 0 Å². The molecule has 7 nitrogen and oxygen atoms in total. The van der Waals surface area contributed by atoms with E-state index in [4.69, 9.17) is 0 Å². The lowest BCUT2D eigenvalue weighted by Crippen LogP contribution is -2.18. The minimum absolute atomic E-state index is 0.0454. The Hall–Kier alpha value is -2.74. The van der Waals surface area contributed by atoms with Crippen LogP contribution in [0.15, 0.2) is 30.5 Å². The van der Waals surface area contributed by atoms with Crippen molar-refractivity contribution in [2.75, 3.05) is 5.32 Å². The van der Waals surface area contributed by atoms with E-state index >= 15 is 0 Å². The number of benzene rings is 1. The molecule has 2 aromatic heterocycles. The van der Waals surface area contributed by atoms with Gasteiger partial charge >= 0.3 is 0 Å². The maximum atomic E-state index is 12.4. The van der Waals surface area contributed by atoms with E-state index in [1.807, 2.05) is 0 Å². The van der Waals surface area contributed by atoms with Crippen LogP contribution in [0.2, 0.25) is 0 Å². The van der Waals surface area contributed by atoms with Crippen molar-refractivity contribution in [3.8, 4) is 0 Å². The third-order valence-corrected chi connectivity index (χ3v) is 5.69. The minimum atomic E-state index is -0.421. The highest BCUT2D eigenvalue weighted by molar-refractivity contribution is 7.15. The molecule has 0 fully saturated rings. The maximum absolute atomic E-state index is 12.4. The van der Waals surface area contributed by atoms with Crippen molar-refractivity contribution in [2.24, 2.45) is 0 Å². The van der Waals surface area contributed by atoms with Crippen molar-refractivity contribution >= 4 is 39.0 Å². The number of hydrogen-bond acceptors (Lipinski definition) is 5. The number of hydrogen-bond donors (Lipinski definition) is 1. The van der Waals surface area contributed by atoms with Gasteiger partial charge in [0.15, 0.2) is 5.13 Å². The first-order valence-corrected chi connectivity index (χ1v) is 9.43. The Morgan fingerprint density at radius 3 is 2.96 bits per heavy atom. The molecule has 1 N–H and O–H groups in total. The van der Waals surface area contributed by atoms with Crippen LogP contribution < -0.4 is 5.32 Å². The summed E-state index contributed by atoms with van der Waals surface area (Å²) < 4.78 is 1.78. The summed E-state index contributed by atoms with van der Waals surface area (Å²) in [6.45, 7) is 0.144. The summed E-state index contributed by atoms with van der Waals surface area (Å²) in [6, 6.07) is 6.42. The van der Waals surface area contributed by atoms with Gasteiger partial charge in [-0.25, -0.2) is 4.98 Å². The molecule has 1 amide bonds. The van der Waals surface area contributed by atoms with Crippen molar-refractivity contribution in [3.63, 3.8) is 0 Å². The molecule has 4 rings (SSSR count). The predicted molar refractivity (Wildman–Crippen MR) is 101 cm³/mol. The van der Waals surface area contributed by atoms with Crippen molar-refractivity contribution in [2.45, 2.75) is 38.6 Å². The van der Waals surface area contributed by atoms with Crippen molar-refractivity contribution in [3.05, 3.63) is 51.1 Å². The Morgan fingerprint density at radius 2 is 2.12 bits per heavy atom. The summed E-state index contributed by atoms with van der Waals surface area (Å²) in [6.07, 6.45) is 7.39. The van der Waals surface area contributed by atoms with E-state index in [1.54, 1.807) is 34.2 Å². The molecule has 1 aliphatic rings. The first-order valence-electron chi connectivity index (χ1n) is 8.62. The Bertz CT molecular complexity index is 968. The molecular formula is C18H18N4O3S. The SMILES string of the molecule is O=C(Cn1ccc2cc([N+](=O)[O-])ccc21)Nc1nc2c(s1)CCCCC2. The third-order valence-electron chi connectivity index (χ3n) is 4.62. The first-order chi connectivity index (χ1) is 12.6. The van der Waals surface area contributed by atoms with E-state index in [-0.39, 0.29) is 18.1 Å². The zero-order chi connectivity index (χ0) is 18.1. The molecule has 2 heterocycles. The minimum Gasteiger partial charge on any atom is -0.338 e. The molecule has 0 saturated carbocycles. The lowest BCUT2D eigenvalue weighted by atomic mass is 10.2. The highest BCUT2D eigenvalue weighted by Gasteiger charge is 2.16. The molecule has 0 radical (unpaired) electrons. The summed E-state index contributed by atoms with van der Waals surface area (Å²) in [7, 11) is 0. The second kappa shape index (κ2) is 6.87. The fraction of sp³-hybridized carbons (Fsp3) is 0.333. The second-order valence-electron chi connectivity index (χ2n) is 6.44. The van der Waals surface area contributed by atoms with Gasteiger partial charge in [0.05, 0.1) is 10.6 Å². The number of carbonyl (C=O) groups excluding carboxylic acids is 1. The number of amides is 1. The molecule has 3 aromatic rings. The van der Waals surface area contributed by atoms with Gasteiger partial charge in [0.25, 0.3) is 5.69 Å². The third kappa shape index (κ3) is 3.32. The molecule has 1 aromatic carbocycles. The average Bonchev–Trinajstić information content (AvgIpc) is 3.11. The van der Waals surface area contributed by atoms with E-state index in [1.165, 1.54) is 29.9 Å². The fourth-order valence-corrected chi connectivity index (χ4v) is 4.40. The van der Waals surface area contributed by atoms with Crippen LogP contribution in [0, 0.1) is 10.1 Å². The lowest BCUT2D eigenvalue weighted by molar-refractivity contribution is -0.384. The van der Waals surface area contributed by atoms with E-state index in [2.05, 4.69) is 10.3 Å². The molecular weight excluding hydrogens is 352 g/mol. The zero-order valence-electron chi connectivity index (χ0n) is 14.1. The number of nitro benzene ring substituents is 1. The van der Waals surface area contributed by atoms with Crippen LogP contribution in [0.25, 0.3) is 10.9 Å². The standard InChI is InChI=1S/C18H18N4O3S/c23-17(20-18-19-14-4-2-1-3-5-16(14)26-18)11-21-9-8-12-10-13(22(24)25)6-7-15(12)21/h6-10H,1-5,11H2,(H,19,20,23). The Labute approximate surface area is 153 Å². The topological polar surface area (TPSA) is 90.1 Å². The van der Waals surface area contributed by atoms with Gasteiger partial charge in [0, 0.05) is 34.1 Å². The number of nitro groups is 1. The number of aryl methyl sites for hydroxylation is 2. The monoisotopic (exact) mass is 370 g/mol.